The molecule has 0 aliphatic rings. The number of fused-ring (bicyclic) bond motifs is 7. The van der Waals surface area contributed by atoms with Crippen LogP contribution in [0, 0.1) is 0 Å². The fraction of sp³-hybridized carbons (Fsp3) is 0. The molecular formula is C44H28. The smallest absolute Gasteiger partial charge is 0.00986 e. The van der Waals surface area contributed by atoms with E-state index >= 15 is 0 Å². The van der Waals surface area contributed by atoms with Crippen LogP contribution in [0.15, 0.2) is 170 Å². The van der Waals surface area contributed by atoms with Crippen LogP contribution in [0.5, 0.6) is 0 Å². The fourth-order valence-electron chi connectivity index (χ4n) is 7.06. The lowest BCUT2D eigenvalue weighted by Gasteiger charge is -2.17. The van der Waals surface area contributed by atoms with Crippen molar-refractivity contribution in [3.8, 4) is 33.4 Å². The van der Waals surface area contributed by atoms with Crippen molar-refractivity contribution in [2.75, 3.05) is 0 Å². The number of hydrogen-bond donors (Lipinski definition) is 0. The zero-order chi connectivity index (χ0) is 29.0. The highest BCUT2D eigenvalue weighted by Gasteiger charge is 2.15. The Hall–Kier alpha value is -5.72. The molecule has 0 radical (unpaired) electrons. The zero-order valence-corrected chi connectivity index (χ0v) is 24.2. The van der Waals surface area contributed by atoms with E-state index in [0.717, 1.165) is 0 Å². The van der Waals surface area contributed by atoms with E-state index in [1.807, 2.05) is 0 Å². The van der Waals surface area contributed by atoms with E-state index in [1.54, 1.807) is 0 Å². The first-order valence-corrected chi connectivity index (χ1v) is 15.3. The molecule has 0 aliphatic heterocycles. The first-order valence-electron chi connectivity index (χ1n) is 15.3. The van der Waals surface area contributed by atoms with E-state index < -0.39 is 0 Å². The Bertz CT molecular complexity index is 2410. The number of benzene rings is 9. The highest BCUT2D eigenvalue weighted by molar-refractivity contribution is 6.16. The molecule has 0 saturated carbocycles. The summed E-state index contributed by atoms with van der Waals surface area (Å²) in [4.78, 5) is 0. The standard InChI is InChI=1S/C44H28/c1-2-12-30-23-31(22-21-29(30)11-1)34-24-35(43-27-32-13-3-5-15-37(32)39-17-7-9-19-41(39)43)26-36(25-34)44-28-33-14-4-6-16-38(33)40-18-8-10-20-42(40)44/h1-28H. The molecule has 9 rings (SSSR count). The highest BCUT2D eigenvalue weighted by Crippen LogP contribution is 2.42. The lowest BCUT2D eigenvalue weighted by Crippen LogP contribution is -1.90. The normalized spacial score (nSPS) is 11.6. The second kappa shape index (κ2) is 9.93. The van der Waals surface area contributed by atoms with Gasteiger partial charge in [-0.25, -0.2) is 0 Å². The molecule has 9 aromatic rings. The summed E-state index contributed by atoms with van der Waals surface area (Å²) in [5.74, 6) is 0. The second-order valence-corrected chi connectivity index (χ2v) is 11.7. The van der Waals surface area contributed by atoms with Gasteiger partial charge < -0.3 is 0 Å². The highest BCUT2D eigenvalue weighted by atomic mass is 14.2. The van der Waals surface area contributed by atoms with Gasteiger partial charge in [0.25, 0.3) is 0 Å². The van der Waals surface area contributed by atoms with Crippen molar-refractivity contribution in [3.63, 3.8) is 0 Å². The van der Waals surface area contributed by atoms with E-state index in [1.165, 1.54) is 87.2 Å². The molecule has 0 atom stereocenters. The van der Waals surface area contributed by atoms with Crippen LogP contribution in [0.3, 0.4) is 0 Å². The van der Waals surface area contributed by atoms with Gasteiger partial charge in [-0.15, -0.1) is 0 Å². The van der Waals surface area contributed by atoms with Gasteiger partial charge in [-0.1, -0.05) is 133 Å². The lowest BCUT2D eigenvalue weighted by atomic mass is 9.87. The van der Waals surface area contributed by atoms with Gasteiger partial charge >= 0.3 is 0 Å². The van der Waals surface area contributed by atoms with Crippen molar-refractivity contribution in [1.82, 2.24) is 0 Å². The molecule has 204 valence electrons. The quantitative estimate of drug-likeness (QED) is 0.190. The Morgan fingerprint density at radius 1 is 0.205 bits per heavy atom. The minimum atomic E-state index is 1.22. The van der Waals surface area contributed by atoms with Crippen LogP contribution in [0.1, 0.15) is 0 Å². The third-order valence-corrected chi connectivity index (χ3v) is 9.17. The summed E-state index contributed by atoms with van der Waals surface area (Å²) in [6.07, 6.45) is 0. The summed E-state index contributed by atoms with van der Waals surface area (Å²) < 4.78 is 0. The molecule has 0 heteroatoms. The Morgan fingerprint density at radius 2 is 0.614 bits per heavy atom. The minimum Gasteiger partial charge on any atom is -0.0616 e. The first kappa shape index (κ1) is 24.8. The molecule has 0 fully saturated rings. The van der Waals surface area contributed by atoms with Gasteiger partial charge in [-0.05, 0) is 124 Å². The zero-order valence-electron chi connectivity index (χ0n) is 24.2. The van der Waals surface area contributed by atoms with Gasteiger partial charge in [0.2, 0.25) is 0 Å². The molecule has 0 aromatic heterocycles. The van der Waals surface area contributed by atoms with Crippen molar-refractivity contribution in [2.45, 2.75) is 0 Å². The Kier molecular flexibility index (Phi) is 5.61. The van der Waals surface area contributed by atoms with E-state index in [2.05, 4.69) is 170 Å². The molecular weight excluding hydrogens is 528 g/mol. The summed E-state index contributed by atoms with van der Waals surface area (Å²) in [6, 6.07) is 62.5. The predicted octanol–water partition coefficient (Wildman–Crippen LogP) is 12.5. The summed E-state index contributed by atoms with van der Waals surface area (Å²) in [7, 11) is 0. The van der Waals surface area contributed by atoms with Gasteiger partial charge in [0, 0.05) is 0 Å². The molecule has 0 spiro atoms. The average Bonchev–Trinajstić information content (AvgIpc) is 3.10. The third kappa shape index (κ3) is 4.00. The topological polar surface area (TPSA) is 0 Å². The molecule has 0 saturated heterocycles. The van der Waals surface area contributed by atoms with Crippen molar-refractivity contribution >= 4 is 53.9 Å². The maximum Gasteiger partial charge on any atom is -0.00986 e. The van der Waals surface area contributed by atoms with Gasteiger partial charge in [0.15, 0.2) is 0 Å². The van der Waals surface area contributed by atoms with E-state index in [4.69, 9.17) is 0 Å². The maximum absolute atomic E-state index is 2.40. The molecule has 0 aliphatic carbocycles. The summed E-state index contributed by atoms with van der Waals surface area (Å²) in [5.41, 5.74) is 7.41. The van der Waals surface area contributed by atoms with Crippen LogP contribution in [0.4, 0.5) is 0 Å². The fourth-order valence-corrected chi connectivity index (χ4v) is 7.06. The summed E-state index contributed by atoms with van der Waals surface area (Å²) >= 11 is 0. The van der Waals surface area contributed by atoms with Crippen LogP contribution in [-0.2, 0) is 0 Å². The van der Waals surface area contributed by atoms with Crippen molar-refractivity contribution in [3.05, 3.63) is 170 Å². The Morgan fingerprint density at radius 3 is 1.16 bits per heavy atom. The molecule has 0 heterocycles. The van der Waals surface area contributed by atoms with E-state index in [9.17, 15) is 0 Å². The average molecular weight is 557 g/mol. The van der Waals surface area contributed by atoms with Crippen LogP contribution < -0.4 is 0 Å². The predicted molar refractivity (Wildman–Crippen MR) is 190 cm³/mol. The summed E-state index contributed by atoms with van der Waals surface area (Å²) in [5, 5.41) is 12.7. The monoisotopic (exact) mass is 556 g/mol. The van der Waals surface area contributed by atoms with Gasteiger partial charge in [-0.3, -0.25) is 0 Å². The number of rotatable bonds is 3. The van der Waals surface area contributed by atoms with Crippen LogP contribution in [0.25, 0.3) is 87.2 Å². The summed E-state index contributed by atoms with van der Waals surface area (Å²) in [6.45, 7) is 0. The molecule has 44 heavy (non-hydrogen) atoms. The Labute approximate surface area is 256 Å². The van der Waals surface area contributed by atoms with Crippen molar-refractivity contribution < 1.29 is 0 Å². The van der Waals surface area contributed by atoms with Crippen LogP contribution >= 0.6 is 0 Å². The van der Waals surface area contributed by atoms with Crippen molar-refractivity contribution in [2.24, 2.45) is 0 Å². The molecule has 9 aromatic carbocycles. The van der Waals surface area contributed by atoms with E-state index in [0.29, 0.717) is 0 Å². The number of hydrogen-bond acceptors (Lipinski definition) is 0. The molecule has 0 amide bonds. The molecule has 0 unspecified atom stereocenters. The van der Waals surface area contributed by atoms with Gasteiger partial charge in [-0.2, -0.15) is 0 Å². The molecule has 0 nitrogen and oxygen atoms in total. The van der Waals surface area contributed by atoms with Gasteiger partial charge in [0.1, 0.15) is 0 Å². The van der Waals surface area contributed by atoms with Gasteiger partial charge in [0.05, 0.1) is 0 Å². The second-order valence-electron chi connectivity index (χ2n) is 11.7. The van der Waals surface area contributed by atoms with Crippen LogP contribution in [0.2, 0.25) is 0 Å². The minimum absolute atomic E-state index is 1.22. The Balaban J connectivity index is 1.38. The molecule has 0 bridgehead atoms. The van der Waals surface area contributed by atoms with Crippen molar-refractivity contribution in [1.29, 1.82) is 0 Å². The molecule has 0 N–H and O–H groups in total. The maximum atomic E-state index is 2.40. The SMILES string of the molecule is c1ccc2cc(-c3cc(-c4cc5ccccc5c5ccccc45)cc(-c4cc5ccccc5c5ccccc45)c3)ccc2c1. The third-order valence-electron chi connectivity index (χ3n) is 9.17. The van der Waals surface area contributed by atoms with E-state index in [-0.39, 0.29) is 0 Å². The largest absolute Gasteiger partial charge is 0.0616 e. The lowest BCUT2D eigenvalue weighted by molar-refractivity contribution is 1.61. The first-order chi connectivity index (χ1) is 21.8. The van der Waals surface area contributed by atoms with Crippen LogP contribution in [-0.4, -0.2) is 0 Å².